The third kappa shape index (κ3) is 5.04. The summed E-state index contributed by atoms with van der Waals surface area (Å²) in [4.78, 5) is 25.7. The fourth-order valence-corrected chi connectivity index (χ4v) is 2.68. The lowest BCUT2D eigenvalue weighted by Gasteiger charge is -2.16. The van der Waals surface area contributed by atoms with Crippen LogP contribution in [0.2, 0.25) is 0 Å². The van der Waals surface area contributed by atoms with E-state index in [1.807, 2.05) is 17.0 Å². The molecule has 2 rings (SSSR count). The van der Waals surface area contributed by atoms with E-state index in [0.717, 1.165) is 0 Å². The number of benzene rings is 1. The third-order valence-electron chi connectivity index (χ3n) is 4.09. The van der Waals surface area contributed by atoms with Crippen LogP contribution in [0.5, 0.6) is 0 Å². The molecule has 1 aromatic carbocycles. The number of nitrogens with two attached hydrogens (primary N) is 1. The third-order valence-corrected chi connectivity index (χ3v) is 4.09. The normalized spacial score (nSPS) is 14.4. The molecule has 1 heterocycles. The smallest absolute Gasteiger partial charge is 0.223 e. The van der Waals surface area contributed by atoms with Gasteiger partial charge >= 0.3 is 0 Å². The van der Waals surface area contributed by atoms with Gasteiger partial charge in [-0.1, -0.05) is 24.3 Å². The molecule has 126 valence electrons. The van der Waals surface area contributed by atoms with Crippen molar-refractivity contribution in [1.82, 2.24) is 10.2 Å². The van der Waals surface area contributed by atoms with Gasteiger partial charge in [0.2, 0.25) is 11.8 Å². The number of fused-ring (bicyclic) bond motifs is 1. The van der Waals surface area contributed by atoms with Crippen LogP contribution < -0.4 is 11.1 Å². The lowest BCUT2D eigenvalue weighted by molar-refractivity contribution is -0.132. The summed E-state index contributed by atoms with van der Waals surface area (Å²) in [7, 11) is 1.54. The predicted octanol–water partition coefficient (Wildman–Crippen LogP) is 0.789. The van der Waals surface area contributed by atoms with Gasteiger partial charge in [0.15, 0.2) is 0 Å². The summed E-state index contributed by atoms with van der Waals surface area (Å²) in [6, 6.07) is 8.12. The lowest BCUT2D eigenvalue weighted by Crippen LogP contribution is -2.33. The van der Waals surface area contributed by atoms with E-state index < -0.39 is 0 Å². The number of carbonyl (C=O) groups excluding carboxylic acids is 2. The first-order valence-electron chi connectivity index (χ1n) is 7.98. The Morgan fingerprint density at radius 3 is 2.52 bits per heavy atom. The Kier molecular flexibility index (Phi) is 6.55. The van der Waals surface area contributed by atoms with Crippen molar-refractivity contribution in [1.29, 1.82) is 0 Å². The number of nitrogens with one attached hydrogen (secondary N) is 1. The molecule has 1 atom stereocenters. The zero-order chi connectivity index (χ0) is 16.7. The van der Waals surface area contributed by atoms with E-state index >= 15 is 0 Å². The van der Waals surface area contributed by atoms with Crippen molar-refractivity contribution in [3.8, 4) is 0 Å². The average Bonchev–Trinajstić information content (AvgIpc) is 3.00. The molecule has 6 heteroatoms. The van der Waals surface area contributed by atoms with Crippen molar-refractivity contribution in [2.24, 2.45) is 5.73 Å². The SMILES string of the molecule is COC(CN)CC(=O)NCCCC(=O)N1Cc2ccccc2C1. The summed E-state index contributed by atoms with van der Waals surface area (Å²) in [6.07, 6.45) is 1.08. The van der Waals surface area contributed by atoms with Gasteiger partial charge < -0.3 is 20.7 Å². The van der Waals surface area contributed by atoms with Gasteiger partial charge in [0.1, 0.15) is 0 Å². The molecule has 0 saturated heterocycles. The maximum Gasteiger partial charge on any atom is 0.223 e. The molecule has 1 aliphatic rings. The monoisotopic (exact) mass is 319 g/mol. The minimum Gasteiger partial charge on any atom is -0.380 e. The highest BCUT2D eigenvalue weighted by atomic mass is 16.5. The van der Waals surface area contributed by atoms with Crippen LogP contribution in [0.15, 0.2) is 24.3 Å². The van der Waals surface area contributed by atoms with E-state index in [1.165, 1.54) is 18.2 Å². The zero-order valence-electron chi connectivity index (χ0n) is 13.6. The topological polar surface area (TPSA) is 84.7 Å². The second-order valence-electron chi connectivity index (χ2n) is 5.77. The molecule has 0 aliphatic carbocycles. The molecule has 0 bridgehead atoms. The van der Waals surface area contributed by atoms with Crippen LogP contribution in [-0.2, 0) is 27.4 Å². The molecular formula is C17H25N3O3. The average molecular weight is 319 g/mol. The maximum atomic E-state index is 12.2. The Morgan fingerprint density at radius 1 is 1.30 bits per heavy atom. The van der Waals surface area contributed by atoms with E-state index in [2.05, 4.69) is 17.4 Å². The molecule has 0 saturated carbocycles. The van der Waals surface area contributed by atoms with Crippen molar-refractivity contribution in [2.45, 2.75) is 38.5 Å². The van der Waals surface area contributed by atoms with Crippen LogP contribution >= 0.6 is 0 Å². The van der Waals surface area contributed by atoms with Crippen LogP contribution in [0, 0.1) is 0 Å². The maximum absolute atomic E-state index is 12.2. The molecule has 1 unspecified atom stereocenters. The molecule has 1 aromatic rings. The summed E-state index contributed by atoms with van der Waals surface area (Å²) in [6.45, 7) is 2.19. The Morgan fingerprint density at radius 2 is 1.96 bits per heavy atom. The Labute approximate surface area is 137 Å². The van der Waals surface area contributed by atoms with Crippen LogP contribution in [0.25, 0.3) is 0 Å². The number of amides is 2. The van der Waals surface area contributed by atoms with Crippen molar-refractivity contribution in [3.63, 3.8) is 0 Å². The standard InChI is InChI=1S/C17H25N3O3/c1-23-15(10-18)9-16(21)19-8-4-7-17(22)20-11-13-5-2-3-6-14(13)12-20/h2-3,5-6,15H,4,7-12,18H2,1H3,(H,19,21). The molecule has 3 N–H and O–H groups in total. The van der Waals surface area contributed by atoms with Crippen LogP contribution in [0.1, 0.15) is 30.4 Å². The van der Waals surface area contributed by atoms with Crippen LogP contribution in [-0.4, -0.2) is 43.0 Å². The van der Waals surface area contributed by atoms with Gasteiger partial charge in [0, 0.05) is 39.7 Å². The molecule has 0 radical (unpaired) electrons. The van der Waals surface area contributed by atoms with Gasteiger partial charge in [-0.25, -0.2) is 0 Å². The van der Waals surface area contributed by atoms with Gasteiger partial charge in [-0.05, 0) is 17.5 Å². The predicted molar refractivity (Wildman–Crippen MR) is 87.4 cm³/mol. The molecule has 23 heavy (non-hydrogen) atoms. The van der Waals surface area contributed by atoms with Gasteiger partial charge in [-0.15, -0.1) is 0 Å². The van der Waals surface area contributed by atoms with Gasteiger partial charge in [0.25, 0.3) is 0 Å². The summed E-state index contributed by atoms with van der Waals surface area (Å²) in [5.74, 6) is 0.0375. The van der Waals surface area contributed by atoms with Crippen molar-refractivity contribution >= 4 is 11.8 Å². The minimum absolute atomic E-state index is 0.0941. The van der Waals surface area contributed by atoms with E-state index in [0.29, 0.717) is 39.0 Å². The first kappa shape index (κ1) is 17.4. The van der Waals surface area contributed by atoms with E-state index in [9.17, 15) is 9.59 Å². The highest BCUT2D eigenvalue weighted by molar-refractivity contribution is 5.78. The van der Waals surface area contributed by atoms with E-state index in [-0.39, 0.29) is 24.3 Å². The highest BCUT2D eigenvalue weighted by Gasteiger charge is 2.22. The molecular weight excluding hydrogens is 294 g/mol. The summed E-state index contributed by atoms with van der Waals surface area (Å²) in [5.41, 5.74) is 7.92. The van der Waals surface area contributed by atoms with Crippen LogP contribution in [0.4, 0.5) is 0 Å². The molecule has 6 nitrogen and oxygen atoms in total. The first-order valence-corrected chi connectivity index (χ1v) is 7.98. The second-order valence-corrected chi connectivity index (χ2v) is 5.77. The van der Waals surface area contributed by atoms with Crippen LogP contribution in [0.3, 0.4) is 0 Å². The van der Waals surface area contributed by atoms with Gasteiger partial charge in [-0.2, -0.15) is 0 Å². The number of hydrogen-bond acceptors (Lipinski definition) is 4. The fraction of sp³-hybridized carbons (Fsp3) is 0.529. The Bertz CT molecular complexity index is 519. The second kappa shape index (κ2) is 8.64. The number of ether oxygens (including phenoxy) is 1. The van der Waals surface area contributed by atoms with E-state index in [1.54, 1.807) is 0 Å². The quantitative estimate of drug-likeness (QED) is 0.694. The van der Waals surface area contributed by atoms with Crippen molar-refractivity contribution in [2.75, 3.05) is 20.2 Å². The summed E-state index contributed by atoms with van der Waals surface area (Å²) >= 11 is 0. The number of rotatable bonds is 8. The Balaban J connectivity index is 1.64. The minimum atomic E-state index is -0.250. The number of carbonyl (C=O) groups is 2. The van der Waals surface area contributed by atoms with Gasteiger partial charge in [-0.3, -0.25) is 9.59 Å². The molecule has 0 fully saturated rings. The Hall–Kier alpha value is -1.92. The lowest BCUT2D eigenvalue weighted by atomic mass is 10.1. The summed E-state index contributed by atoms with van der Waals surface area (Å²) < 4.78 is 5.07. The van der Waals surface area contributed by atoms with Gasteiger partial charge in [0.05, 0.1) is 12.5 Å². The zero-order valence-corrected chi connectivity index (χ0v) is 13.6. The van der Waals surface area contributed by atoms with Crippen molar-refractivity contribution < 1.29 is 14.3 Å². The molecule has 2 amide bonds. The largest absolute Gasteiger partial charge is 0.380 e. The first-order chi connectivity index (χ1) is 11.1. The van der Waals surface area contributed by atoms with E-state index in [4.69, 9.17) is 10.5 Å². The molecule has 0 aromatic heterocycles. The number of nitrogens with zero attached hydrogens (tertiary/aromatic N) is 1. The molecule has 0 spiro atoms. The highest BCUT2D eigenvalue weighted by Crippen LogP contribution is 2.22. The molecule has 1 aliphatic heterocycles. The number of hydrogen-bond donors (Lipinski definition) is 2. The fourth-order valence-electron chi connectivity index (χ4n) is 2.68. The summed E-state index contributed by atoms with van der Waals surface area (Å²) in [5, 5.41) is 2.80. The van der Waals surface area contributed by atoms with Crippen molar-refractivity contribution in [3.05, 3.63) is 35.4 Å². The number of methoxy groups -OCH3 is 1.